The van der Waals surface area contributed by atoms with Gasteiger partial charge >= 0.3 is 175 Å². The van der Waals surface area contributed by atoms with Gasteiger partial charge in [0.1, 0.15) is 0 Å². The predicted octanol–water partition coefficient (Wildman–Crippen LogP) is 0.888. The van der Waals surface area contributed by atoms with Gasteiger partial charge in [-0.2, -0.15) is 0 Å². The van der Waals surface area contributed by atoms with Gasteiger partial charge < -0.3 is 0 Å². The van der Waals surface area contributed by atoms with Gasteiger partial charge in [-0.25, -0.2) is 0 Å². The van der Waals surface area contributed by atoms with E-state index in [1.807, 2.05) is 35.2 Å². The molecule has 2 unspecified atom stereocenters. The standard InChI is InChI=1S/C18H21N2O4S.Pb/c1-13(21)10-17(25)19-8-9-20(15(12-19)18(23)24-2)16(22)11-14-6-4-3-5-7-14;/h3-7,11,15H,8-10,12H2,1-2H3;. The van der Waals surface area contributed by atoms with Crippen molar-refractivity contribution >= 4 is 60.6 Å². The molecule has 0 spiro atoms. The number of carbonyl (C=O) groups is 3. The number of esters is 1. The molecule has 6 nitrogen and oxygen atoms in total. The van der Waals surface area contributed by atoms with E-state index < -0.39 is 12.0 Å². The van der Waals surface area contributed by atoms with Gasteiger partial charge in [-0.15, -0.1) is 0 Å². The molecule has 1 aliphatic rings. The van der Waals surface area contributed by atoms with Gasteiger partial charge in [0.05, 0.1) is 0 Å². The molecule has 1 heterocycles. The van der Waals surface area contributed by atoms with E-state index in [1.165, 1.54) is 14.0 Å². The molecular formula is C18H21N2O4PbS. The molecule has 1 aromatic rings. The molecule has 1 aromatic carbocycles. The monoisotopic (exact) mass is 569 g/mol. The van der Waals surface area contributed by atoms with Crippen LogP contribution in [0.15, 0.2) is 30.3 Å². The molecule has 1 fully saturated rings. The summed E-state index contributed by atoms with van der Waals surface area (Å²) in [6.45, 7) is 2.63. The van der Waals surface area contributed by atoms with Gasteiger partial charge in [-0.1, -0.05) is 0 Å². The van der Waals surface area contributed by atoms with E-state index in [4.69, 9.17) is 17.0 Å². The molecule has 8 heteroatoms. The number of ether oxygens (including phenoxy) is 1. The fourth-order valence-corrected chi connectivity index (χ4v) is 4.65. The normalized spacial score (nSPS) is 18.2. The first-order valence-electron chi connectivity index (χ1n) is 8.26. The fourth-order valence-electron chi connectivity index (χ4n) is 2.89. The number of hydrogen-bond donors (Lipinski definition) is 0. The molecule has 3 radical (unpaired) electrons. The molecule has 0 aromatic heterocycles. The van der Waals surface area contributed by atoms with E-state index in [1.54, 1.807) is 4.90 Å². The molecule has 1 saturated heterocycles. The van der Waals surface area contributed by atoms with Crippen molar-refractivity contribution in [3.63, 3.8) is 0 Å². The predicted molar refractivity (Wildman–Crippen MR) is 102 cm³/mol. The van der Waals surface area contributed by atoms with Gasteiger partial charge in [-0.05, 0) is 0 Å². The molecule has 0 aliphatic carbocycles. The first-order valence-corrected chi connectivity index (χ1v) is 10.9. The van der Waals surface area contributed by atoms with Crippen molar-refractivity contribution in [1.29, 1.82) is 0 Å². The summed E-state index contributed by atoms with van der Waals surface area (Å²) >= 11 is 5.96. The summed E-state index contributed by atoms with van der Waals surface area (Å²) in [5.41, 5.74) is 0.960. The van der Waals surface area contributed by atoms with Crippen LogP contribution in [0.25, 0.3) is 0 Å². The Hall–Kier alpha value is -1.36. The number of amides is 1. The van der Waals surface area contributed by atoms with Gasteiger partial charge in [-0.3, -0.25) is 0 Å². The minimum absolute atomic E-state index is 0.0215. The fraction of sp³-hybridized carbons (Fsp3) is 0.444. The second kappa shape index (κ2) is 9.54. The summed E-state index contributed by atoms with van der Waals surface area (Å²) in [7, 11) is 1.31. The molecule has 2 rings (SSSR count). The van der Waals surface area contributed by atoms with Crippen LogP contribution < -0.4 is 0 Å². The molecule has 2 atom stereocenters. The number of piperazine rings is 1. The average Bonchev–Trinajstić information content (AvgIpc) is 2.65. The van der Waals surface area contributed by atoms with Crippen molar-refractivity contribution in [3.8, 4) is 0 Å². The molecule has 1 amide bonds. The van der Waals surface area contributed by atoms with E-state index in [0.29, 0.717) is 43.8 Å². The third kappa shape index (κ3) is 5.09. The van der Waals surface area contributed by atoms with Gasteiger partial charge in [0.2, 0.25) is 0 Å². The Bertz CT molecular complexity index is 698. The number of thiocarbonyl (C=S) groups is 1. The van der Waals surface area contributed by atoms with Gasteiger partial charge in [0.15, 0.2) is 0 Å². The topological polar surface area (TPSA) is 66.9 Å². The Kier molecular flexibility index (Phi) is 7.69. The van der Waals surface area contributed by atoms with Crippen molar-refractivity contribution < 1.29 is 19.1 Å². The zero-order valence-corrected chi connectivity index (χ0v) is 19.5. The first-order chi connectivity index (χ1) is 12.3. The first kappa shape index (κ1) is 20.9. The van der Waals surface area contributed by atoms with E-state index in [0.717, 1.165) is 5.56 Å². The second-order valence-electron chi connectivity index (χ2n) is 6.13. The van der Waals surface area contributed by atoms with Crippen molar-refractivity contribution in [1.82, 2.24) is 9.80 Å². The second-order valence-corrected chi connectivity index (χ2v) is 8.85. The van der Waals surface area contributed by atoms with E-state index >= 15 is 0 Å². The zero-order chi connectivity index (χ0) is 19.3. The number of carbonyl (C=O) groups excluding carboxylic acids is 3. The third-order valence-corrected chi connectivity index (χ3v) is 6.93. The SMILES string of the molecule is COC(=O)C1CN(C(=S)CC(C)=O)CCN1C(=O)[CH]([Pb])c1ccccc1. The number of methoxy groups -OCH3 is 1. The number of hydrogen-bond acceptors (Lipinski definition) is 5. The molecule has 0 saturated carbocycles. The summed E-state index contributed by atoms with van der Waals surface area (Å²) in [6, 6.07) is 8.87. The van der Waals surface area contributed by atoms with Crippen LogP contribution in [0.2, 0.25) is 0 Å². The number of nitrogens with zero attached hydrogens (tertiary/aromatic N) is 2. The maximum absolute atomic E-state index is 13.0. The Labute approximate surface area is 174 Å². The number of Topliss-reactive ketones (excluding diaryl/α,β-unsaturated/α-hetero) is 1. The summed E-state index contributed by atoms with van der Waals surface area (Å²) < 4.78 is 4.68. The number of benzene rings is 1. The van der Waals surface area contributed by atoms with Crippen LogP contribution in [-0.2, 0) is 19.1 Å². The van der Waals surface area contributed by atoms with Crippen LogP contribution in [0.4, 0.5) is 0 Å². The molecule has 0 N–H and O–H groups in total. The number of ketones is 1. The molecule has 26 heavy (non-hydrogen) atoms. The van der Waals surface area contributed by atoms with Crippen LogP contribution >= 0.6 is 12.2 Å². The Morgan fingerprint density at radius 1 is 1.27 bits per heavy atom. The summed E-state index contributed by atoms with van der Waals surface area (Å²) in [6.07, 6.45) is 0.171. The Morgan fingerprint density at radius 2 is 1.92 bits per heavy atom. The molecule has 1 aliphatic heterocycles. The van der Waals surface area contributed by atoms with Crippen LogP contribution in [-0.4, -0.2) is 91.0 Å². The van der Waals surface area contributed by atoms with E-state index in [9.17, 15) is 14.4 Å². The summed E-state index contributed by atoms with van der Waals surface area (Å²) in [5, 5.41) is 0. The zero-order valence-electron chi connectivity index (χ0n) is 14.8. The summed E-state index contributed by atoms with van der Waals surface area (Å²) in [5.74, 6) is -0.544. The minimum atomic E-state index is -0.716. The van der Waals surface area contributed by atoms with Gasteiger partial charge in [0.25, 0.3) is 0 Å². The van der Waals surface area contributed by atoms with Gasteiger partial charge in [0, 0.05) is 0 Å². The van der Waals surface area contributed by atoms with Crippen LogP contribution in [0, 0.1) is 0 Å². The molecule has 137 valence electrons. The Morgan fingerprint density at radius 3 is 2.50 bits per heavy atom. The van der Waals surface area contributed by atoms with E-state index in [-0.39, 0.29) is 28.1 Å². The molecule has 0 bridgehead atoms. The van der Waals surface area contributed by atoms with Crippen molar-refractivity contribution in [2.75, 3.05) is 26.7 Å². The van der Waals surface area contributed by atoms with Crippen molar-refractivity contribution in [3.05, 3.63) is 35.9 Å². The quantitative estimate of drug-likeness (QED) is 0.299. The van der Waals surface area contributed by atoms with Crippen LogP contribution in [0.3, 0.4) is 0 Å². The number of rotatable bonds is 5. The van der Waals surface area contributed by atoms with Crippen molar-refractivity contribution in [2.24, 2.45) is 0 Å². The van der Waals surface area contributed by atoms with Crippen LogP contribution in [0.1, 0.15) is 22.4 Å². The summed E-state index contributed by atoms with van der Waals surface area (Å²) in [4.78, 5) is 40.6. The average molecular weight is 569 g/mol. The van der Waals surface area contributed by atoms with Crippen LogP contribution in [0.5, 0.6) is 0 Å². The van der Waals surface area contributed by atoms with Crippen molar-refractivity contribution in [2.45, 2.75) is 22.9 Å². The Balaban J connectivity index is 2.17. The molecular weight excluding hydrogens is 547 g/mol. The maximum atomic E-state index is 13.0. The third-order valence-electron chi connectivity index (χ3n) is 4.27. The van der Waals surface area contributed by atoms with E-state index in [2.05, 4.69) is 0 Å².